The van der Waals surface area contributed by atoms with Crippen molar-refractivity contribution in [3.8, 4) is 22.7 Å². The fourth-order valence-corrected chi connectivity index (χ4v) is 5.03. The molecule has 0 atom stereocenters. The molecule has 0 unspecified atom stereocenters. The summed E-state index contributed by atoms with van der Waals surface area (Å²) >= 11 is 0. The van der Waals surface area contributed by atoms with E-state index in [1.54, 1.807) is 12.0 Å². The zero-order valence-corrected chi connectivity index (χ0v) is 22.9. The number of anilines is 1. The van der Waals surface area contributed by atoms with Crippen LogP contribution in [0.25, 0.3) is 16.9 Å². The monoisotopic (exact) mass is 522 g/mol. The fourth-order valence-electron chi connectivity index (χ4n) is 5.03. The lowest BCUT2D eigenvalue weighted by molar-refractivity contribution is 0.0671. The van der Waals surface area contributed by atoms with E-state index in [-0.39, 0.29) is 11.9 Å². The Balaban J connectivity index is 1.36. The molecule has 3 amide bonds. The van der Waals surface area contributed by atoms with Crippen molar-refractivity contribution in [3.05, 3.63) is 101 Å². The van der Waals surface area contributed by atoms with E-state index in [4.69, 9.17) is 4.74 Å². The summed E-state index contributed by atoms with van der Waals surface area (Å²) in [7, 11) is 1.65. The van der Waals surface area contributed by atoms with Crippen LogP contribution in [0.4, 0.5) is 10.5 Å². The molecule has 200 valence electrons. The molecule has 0 bridgehead atoms. The van der Waals surface area contributed by atoms with Gasteiger partial charge in [-0.15, -0.1) is 0 Å². The average Bonchev–Trinajstić information content (AvgIpc) is 3.32. The van der Waals surface area contributed by atoms with Gasteiger partial charge >= 0.3 is 6.03 Å². The van der Waals surface area contributed by atoms with Crippen molar-refractivity contribution in [1.29, 1.82) is 0 Å². The highest BCUT2D eigenvalue weighted by Crippen LogP contribution is 2.31. The smallest absolute Gasteiger partial charge is 0.321 e. The third kappa shape index (κ3) is 5.39. The molecule has 1 aromatic heterocycles. The number of nitrogens with one attached hydrogen (secondary N) is 1. The molecule has 0 radical (unpaired) electrons. The molecule has 7 heteroatoms. The SMILES string of the molecule is COc1cccc(-n2c(-c3ccccc3)cc(C(=O)N3CCN(C(=O)Nc4ccc(C)c(C)c4)CC3)c2C)c1. The second-order valence-corrected chi connectivity index (χ2v) is 9.94. The number of hydrogen-bond acceptors (Lipinski definition) is 3. The first-order valence-corrected chi connectivity index (χ1v) is 13.2. The predicted molar refractivity (Wildman–Crippen MR) is 155 cm³/mol. The van der Waals surface area contributed by atoms with Crippen LogP contribution in [-0.2, 0) is 0 Å². The molecule has 1 aliphatic rings. The minimum atomic E-state index is -0.142. The van der Waals surface area contributed by atoms with Crippen LogP contribution >= 0.6 is 0 Å². The molecule has 4 aromatic rings. The lowest BCUT2D eigenvalue weighted by Crippen LogP contribution is -2.51. The first-order chi connectivity index (χ1) is 18.9. The number of aromatic nitrogens is 1. The molecule has 0 saturated carbocycles. The predicted octanol–water partition coefficient (Wildman–Crippen LogP) is 6.07. The number of piperazine rings is 1. The van der Waals surface area contributed by atoms with Gasteiger partial charge < -0.3 is 24.4 Å². The number of ether oxygens (including phenoxy) is 1. The van der Waals surface area contributed by atoms with E-state index in [1.807, 2.05) is 105 Å². The van der Waals surface area contributed by atoms with Gasteiger partial charge in [0.25, 0.3) is 5.91 Å². The van der Waals surface area contributed by atoms with E-state index in [2.05, 4.69) is 9.88 Å². The zero-order valence-electron chi connectivity index (χ0n) is 22.9. The second kappa shape index (κ2) is 11.1. The van der Waals surface area contributed by atoms with Crippen molar-refractivity contribution < 1.29 is 14.3 Å². The van der Waals surface area contributed by atoms with E-state index in [0.717, 1.165) is 39.6 Å². The van der Waals surface area contributed by atoms with Gasteiger partial charge in [-0.1, -0.05) is 42.5 Å². The molecular weight excluding hydrogens is 488 g/mol. The summed E-state index contributed by atoms with van der Waals surface area (Å²) in [4.78, 5) is 30.3. The molecule has 1 N–H and O–H groups in total. The molecule has 1 saturated heterocycles. The Hall–Kier alpha value is -4.52. The summed E-state index contributed by atoms with van der Waals surface area (Å²) in [6.07, 6.45) is 0. The summed E-state index contributed by atoms with van der Waals surface area (Å²) in [6.45, 7) is 7.96. The quantitative estimate of drug-likeness (QED) is 0.346. The van der Waals surface area contributed by atoms with Crippen LogP contribution in [0.2, 0.25) is 0 Å². The third-order valence-corrected chi connectivity index (χ3v) is 7.47. The second-order valence-electron chi connectivity index (χ2n) is 9.94. The van der Waals surface area contributed by atoms with Crippen LogP contribution in [-0.4, -0.2) is 59.6 Å². The first-order valence-electron chi connectivity index (χ1n) is 13.2. The Morgan fingerprint density at radius 3 is 2.18 bits per heavy atom. The minimum Gasteiger partial charge on any atom is -0.497 e. The van der Waals surface area contributed by atoms with Crippen LogP contribution in [0.1, 0.15) is 27.2 Å². The van der Waals surface area contributed by atoms with Crippen molar-refractivity contribution in [1.82, 2.24) is 14.4 Å². The maximum absolute atomic E-state index is 13.8. The van der Waals surface area contributed by atoms with Crippen molar-refractivity contribution >= 4 is 17.6 Å². The fraction of sp³-hybridized carbons (Fsp3) is 0.250. The van der Waals surface area contributed by atoms with Gasteiger partial charge in [-0.2, -0.15) is 0 Å². The Morgan fingerprint density at radius 2 is 1.49 bits per heavy atom. The van der Waals surface area contributed by atoms with Gasteiger partial charge in [0.15, 0.2) is 0 Å². The molecule has 5 rings (SSSR count). The summed E-state index contributed by atoms with van der Waals surface area (Å²) in [5.41, 5.74) is 7.51. The van der Waals surface area contributed by atoms with Crippen LogP contribution < -0.4 is 10.1 Å². The summed E-state index contributed by atoms with van der Waals surface area (Å²) in [5, 5.41) is 2.99. The molecule has 39 heavy (non-hydrogen) atoms. The molecule has 7 nitrogen and oxygen atoms in total. The minimum absolute atomic E-state index is 0.0273. The molecule has 1 fully saturated rings. The van der Waals surface area contributed by atoms with E-state index in [9.17, 15) is 9.59 Å². The van der Waals surface area contributed by atoms with Crippen molar-refractivity contribution in [2.45, 2.75) is 20.8 Å². The Labute approximate surface area is 229 Å². The standard InChI is InChI=1S/C32H34N4O3/c1-22-13-14-26(19-23(22)2)33-32(38)35-17-15-34(16-18-35)31(37)29-21-30(25-9-6-5-7-10-25)36(24(29)3)27-11-8-12-28(20-27)39-4/h5-14,19-21H,15-18H2,1-4H3,(H,33,38). The third-order valence-electron chi connectivity index (χ3n) is 7.47. The number of nitrogens with zero attached hydrogens (tertiary/aromatic N) is 3. The van der Waals surface area contributed by atoms with Gasteiger partial charge in [0.2, 0.25) is 0 Å². The highest BCUT2D eigenvalue weighted by atomic mass is 16.5. The van der Waals surface area contributed by atoms with Gasteiger partial charge in [-0.05, 0) is 67.8 Å². The van der Waals surface area contributed by atoms with E-state index in [1.165, 1.54) is 5.56 Å². The number of aryl methyl sites for hydroxylation is 2. The molecule has 0 aliphatic carbocycles. The summed E-state index contributed by atoms with van der Waals surface area (Å²) < 4.78 is 7.57. The normalized spacial score (nSPS) is 13.3. The number of methoxy groups -OCH3 is 1. The topological polar surface area (TPSA) is 66.8 Å². The largest absolute Gasteiger partial charge is 0.497 e. The molecular formula is C32H34N4O3. The molecule has 0 spiro atoms. The highest BCUT2D eigenvalue weighted by molar-refractivity contribution is 5.97. The van der Waals surface area contributed by atoms with Gasteiger partial charge in [0.05, 0.1) is 18.4 Å². The van der Waals surface area contributed by atoms with Crippen molar-refractivity contribution in [2.24, 2.45) is 0 Å². The van der Waals surface area contributed by atoms with Crippen LogP contribution in [0.5, 0.6) is 5.75 Å². The molecule has 3 aromatic carbocycles. The van der Waals surface area contributed by atoms with Crippen LogP contribution in [0.15, 0.2) is 78.9 Å². The highest BCUT2D eigenvalue weighted by Gasteiger charge is 2.28. The van der Waals surface area contributed by atoms with E-state index in [0.29, 0.717) is 31.7 Å². The lowest BCUT2D eigenvalue weighted by atomic mass is 10.1. The summed E-state index contributed by atoms with van der Waals surface area (Å²) in [5.74, 6) is 0.725. The van der Waals surface area contributed by atoms with Crippen molar-refractivity contribution in [2.75, 3.05) is 38.6 Å². The van der Waals surface area contributed by atoms with Gasteiger partial charge in [-0.3, -0.25) is 4.79 Å². The lowest BCUT2D eigenvalue weighted by Gasteiger charge is -2.34. The Bertz CT molecular complexity index is 1500. The number of amides is 3. The molecule has 2 heterocycles. The number of urea groups is 1. The van der Waals surface area contributed by atoms with E-state index >= 15 is 0 Å². The Morgan fingerprint density at radius 1 is 0.769 bits per heavy atom. The number of carbonyl (C=O) groups is 2. The van der Waals surface area contributed by atoms with Crippen LogP contribution in [0, 0.1) is 20.8 Å². The van der Waals surface area contributed by atoms with Gasteiger partial charge in [-0.25, -0.2) is 4.79 Å². The first kappa shape index (κ1) is 26.1. The average molecular weight is 523 g/mol. The van der Waals surface area contributed by atoms with Gasteiger partial charge in [0.1, 0.15) is 5.75 Å². The number of rotatable bonds is 5. The number of benzene rings is 3. The maximum Gasteiger partial charge on any atom is 0.321 e. The summed E-state index contributed by atoms with van der Waals surface area (Å²) in [6, 6.07) is 25.7. The van der Waals surface area contributed by atoms with E-state index < -0.39 is 0 Å². The number of hydrogen-bond donors (Lipinski definition) is 1. The molecule has 1 aliphatic heterocycles. The number of carbonyl (C=O) groups excluding carboxylic acids is 2. The van der Waals surface area contributed by atoms with Crippen LogP contribution in [0.3, 0.4) is 0 Å². The van der Waals surface area contributed by atoms with Crippen molar-refractivity contribution in [3.63, 3.8) is 0 Å². The Kier molecular flexibility index (Phi) is 7.41. The van der Waals surface area contributed by atoms with Gasteiger partial charge in [0, 0.05) is 49.3 Å². The zero-order chi connectivity index (χ0) is 27.5. The maximum atomic E-state index is 13.8.